The molecule has 0 N–H and O–H groups in total. The van der Waals surface area contributed by atoms with E-state index in [-0.39, 0.29) is 111 Å². The summed E-state index contributed by atoms with van der Waals surface area (Å²) in [5.74, 6) is 0. The number of nitrogens with zero attached hydrogens (tertiary/aromatic N) is 6. The van der Waals surface area contributed by atoms with E-state index in [9.17, 15) is 0 Å². The fourth-order valence-electron chi connectivity index (χ4n) is 4.58. The second kappa shape index (κ2) is 71.2. The van der Waals surface area contributed by atoms with Gasteiger partial charge in [-0.25, -0.2) is 0 Å². The van der Waals surface area contributed by atoms with E-state index in [4.69, 9.17) is 0 Å². The van der Waals surface area contributed by atoms with Gasteiger partial charge in [0, 0.05) is 0 Å². The van der Waals surface area contributed by atoms with Gasteiger partial charge in [0.15, 0.2) is 0 Å². The van der Waals surface area contributed by atoms with Crippen LogP contribution in [0.3, 0.4) is 0 Å². The summed E-state index contributed by atoms with van der Waals surface area (Å²) in [5, 5.41) is 0. The van der Waals surface area contributed by atoms with Gasteiger partial charge < -0.3 is 70.9 Å². The Hall–Kier alpha value is 3.42. The number of hydrogen-bond acceptors (Lipinski definition) is 6. The summed E-state index contributed by atoms with van der Waals surface area (Å²) < 4.78 is 0. The molecule has 0 aromatic carbocycles. The largest absolute Gasteiger partial charge is 2.00 e. The molecule has 0 radical (unpaired) electrons. The molecule has 9 heteroatoms. The van der Waals surface area contributed by atoms with Gasteiger partial charge in [-0.05, 0) is 118 Å². The van der Waals surface area contributed by atoms with Crippen LogP contribution in [0.5, 0.6) is 0 Å². The van der Waals surface area contributed by atoms with Crippen molar-refractivity contribution < 1.29 is 27.3 Å². The summed E-state index contributed by atoms with van der Waals surface area (Å²) in [4.78, 5) is 14.2. The van der Waals surface area contributed by atoms with Crippen molar-refractivity contribution in [1.29, 1.82) is 0 Å². The molecule has 0 bridgehead atoms. The first-order valence-corrected chi connectivity index (χ1v) is 20.2. The molecule has 0 amide bonds. The zero-order valence-corrected chi connectivity index (χ0v) is 47.7. The van der Waals surface area contributed by atoms with Crippen molar-refractivity contribution in [3.8, 4) is 0 Å². The minimum atomic E-state index is 0. The van der Waals surface area contributed by atoms with Gasteiger partial charge in [-0.3, -0.25) is 0 Å². The van der Waals surface area contributed by atoms with Gasteiger partial charge in [-0.15, -0.1) is 0 Å². The van der Waals surface area contributed by atoms with Crippen molar-refractivity contribution in [3.05, 3.63) is 41.5 Å². The molecule has 0 heterocycles. The first-order valence-electron chi connectivity index (χ1n) is 20.2. The van der Waals surface area contributed by atoms with E-state index in [0.29, 0.717) is 0 Å². The van der Waals surface area contributed by atoms with E-state index in [1.54, 1.807) is 0 Å². The van der Waals surface area contributed by atoms with Crippen molar-refractivity contribution in [3.63, 3.8) is 0 Å². The average Bonchev–Trinajstić information content (AvgIpc) is 3.13. The van der Waals surface area contributed by atoms with Gasteiger partial charge in [-0.1, -0.05) is 83.1 Å². The molecular weight excluding hydrogens is 829 g/mol. The zero-order chi connectivity index (χ0) is 38.4. The van der Waals surface area contributed by atoms with Gasteiger partial charge in [-0.2, -0.15) is 38.5 Å². The summed E-state index contributed by atoms with van der Waals surface area (Å²) >= 11 is 0. The first-order chi connectivity index (χ1) is 23.1. The molecule has 0 aliphatic carbocycles. The second-order valence-corrected chi connectivity index (χ2v) is 11.3. The SMILES string of the molecule is [CH2-]CCN(CC)CC.[CH2-]CCN(CC)CC.[CH2-]CCN(CC)CC.[CH2-]CCN(CC)CC.[CH2-]CCN(CC)CC.[CH2-]CCN(CC)CC.[Ca+2].[Cd+2].[Sr+2]. The maximum atomic E-state index is 3.78. The van der Waals surface area contributed by atoms with Crippen molar-refractivity contribution >= 4 is 83.2 Å². The average molecular weight is 925 g/mol. The van der Waals surface area contributed by atoms with Crippen LogP contribution in [0.4, 0.5) is 0 Å². The molecule has 0 saturated heterocycles. The predicted octanol–water partition coefficient (Wildman–Crippen LogP) is 8.55. The molecule has 0 spiro atoms. The fourth-order valence-corrected chi connectivity index (χ4v) is 4.58. The van der Waals surface area contributed by atoms with Crippen LogP contribution in [0.1, 0.15) is 122 Å². The number of rotatable bonds is 24. The van der Waals surface area contributed by atoms with E-state index in [0.717, 1.165) is 156 Å². The van der Waals surface area contributed by atoms with Gasteiger partial charge in [0.1, 0.15) is 0 Å². The topological polar surface area (TPSA) is 19.4 Å². The summed E-state index contributed by atoms with van der Waals surface area (Å²) in [5.41, 5.74) is 0. The molecule has 51 heavy (non-hydrogen) atoms. The molecule has 0 aliphatic rings. The molecule has 0 atom stereocenters. The molecule has 0 saturated carbocycles. The smallest absolute Gasteiger partial charge is 0.342 e. The standard InChI is InChI=1S/6C7H16N.Ca.Cd.Sr/c6*1-4-7-8(5-2)6-3;;;/h6*1,4-7H2,2-3H3;;;/q6*-1;3*+2. The third-order valence-corrected chi connectivity index (χ3v) is 8.21. The fraction of sp³-hybridized carbons (Fsp3) is 0.857. The van der Waals surface area contributed by atoms with Crippen molar-refractivity contribution in [1.82, 2.24) is 29.4 Å². The Bertz CT molecular complexity index is 368. The summed E-state index contributed by atoms with van der Waals surface area (Å²) in [6.07, 6.45) is 6.18. The molecule has 6 nitrogen and oxygen atoms in total. The zero-order valence-electron chi connectivity index (χ0n) is 38.0. The van der Waals surface area contributed by atoms with Crippen molar-refractivity contribution in [2.75, 3.05) is 118 Å². The molecule has 0 fully saturated rings. The van der Waals surface area contributed by atoms with Crippen LogP contribution in [0.25, 0.3) is 0 Å². The van der Waals surface area contributed by atoms with Gasteiger partial charge in [0.2, 0.25) is 0 Å². The van der Waals surface area contributed by atoms with Crippen molar-refractivity contribution in [2.24, 2.45) is 0 Å². The molecule has 0 aromatic rings. The van der Waals surface area contributed by atoms with E-state index < -0.39 is 0 Å². The number of hydrogen-bond donors (Lipinski definition) is 0. The Morgan fingerprint density at radius 3 is 0.353 bits per heavy atom. The Labute approximate surface area is 415 Å². The minimum Gasteiger partial charge on any atom is -0.342 e. The van der Waals surface area contributed by atoms with Crippen LogP contribution in [0, 0.1) is 41.5 Å². The quantitative estimate of drug-likeness (QED) is 0.0710. The Morgan fingerprint density at radius 2 is 0.333 bits per heavy atom. The van der Waals surface area contributed by atoms with Gasteiger partial charge in [0.05, 0.1) is 0 Å². The van der Waals surface area contributed by atoms with Crippen LogP contribution in [-0.2, 0) is 27.3 Å². The minimum absolute atomic E-state index is 0. The van der Waals surface area contributed by atoms with E-state index in [1.165, 1.54) is 0 Å². The molecule has 0 aromatic heterocycles. The normalized spacial score (nSPS) is 9.88. The Morgan fingerprint density at radius 1 is 0.255 bits per heavy atom. The maximum absolute atomic E-state index is 3.78. The van der Waals surface area contributed by atoms with E-state index in [2.05, 4.69) is 154 Å². The van der Waals surface area contributed by atoms with Crippen LogP contribution in [0.15, 0.2) is 0 Å². The summed E-state index contributed by atoms with van der Waals surface area (Å²) in [7, 11) is 0. The van der Waals surface area contributed by atoms with E-state index in [1.807, 2.05) is 0 Å². The van der Waals surface area contributed by atoms with E-state index >= 15 is 0 Å². The van der Waals surface area contributed by atoms with Crippen LogP contribution >= 0.6 is 0 Å². The molecule has 0 unspecified atom stereocenters. The van der Waals surface area contributed by atoms with Crippen LogP contribution in [-0.4, -0.2) is 230 Å². The van der Waals surface area contributed by atoms with Crippen molar-refractivity contribution in [2.45, 2.75) is 122 Å². The predicted molar refractivity (Wildman–Crippen MR) is 238 cm³/mol. The van der Waals surface area contributed by atoms with Gasteiger partial charge in [0.25, 0.3) is 0 Å². The monoisotopic (exact) mass is 927 g/mol. The third-order valence-electron chi connectivity index (χ3n) is 8.21. The molecular formula is C42H96CaCdN6Sr. The Balaban J connectivity index is -0.0000000586. The van der Waals surface area contributed by atoms with Gasteiger partial charge >= 0.3 is 111 Å². The second-order valence-electron chi connectivity index (χ2n) is 11.3. The molecule has 300 valence electrons. The Kier molecular flexibility index (Phi) is 105. The van der Waals surface area contributed by atoms with Crippen LogP contribution in [0.2, 0.25) is 0 Å². The van der Waals surface area contributed by atoms with Crippen LogP contribution < -0.4 is 0 Å². The third kappa shape index (κ3) is 68.5. The first kappa shape index (κ1) is 75.3. The summed E-state index contributed by atoms with van der Waals surface area (Å²) in [6.45, 7) is 69.6. The maximum Gasteiger partial charge on any atom is 2.00 e. The summed E-state index contributed by atoms with van der Waals surface area (Å²) in [6, 6.07) is 0. The molecule has 0 aliphatic heterocycles. The molecule has 0 rings (SSSR count).